The Kier molecular flexibility index (Phi) is 5.54. The minimum absolute atomic E-state index is 0.408. The van der Waals surface area contributed by atoms with Crippen molar-refractivity contribution in [1.82, 2.24) is 30.2 Å². The number of H-pyrrole nitrogens is 1. The molecule has 0 radical (unpaired) electrons. The molecule has 1 fully saturated rings. The molecule has 1 aliphatic heterocycles. The Balaban J connectivity index is 1.31. The van der Waals surface area contributed by atoms with Crippen molar-refractivity contribution in [3.05, 3.63) is 71.4 Å². The third kappa shape index (κ3) is 3.88. The molecule has 1 saturated heterocycles. The Morgan fingerprint density at radius 3 is 2.89 bits per heavy atom. The summed E-state index contributed by atoms with van der Waals surface area (Å²) in [7, 11) is 0. The highest BCUT2D eigenvalue weighted by atomic mass is 32.1. The Bertz CT molecular complexity index is 1820. The zero-order chi connectivity index (χ0) is 25.6. The van der Waals surface area contributed by atoms with E-state index in [1.807, 2.05) is 42.7 Å². The number of benzene rings is 2. The van der Waals surface area contributed by atoms with Crippen LogP contribution in [0.3, 0.4) is 0 Å². The summed E-state index contributed by atoms with van der Waals surface area (Å²) in [5.41, 5.74) is 5.91. The molecule has 4 aromatic heterocycles. The number of carbonyl (C=O) groups excluding carboxylic acids is 1. The van der Waals surface area contributed by atoms with Gasteiger partial charge in [0.25, 0.3) is 5.91 Å². The number of rotatable bonds is 5. The first-order valence-corrected chi connectivity index (χ1v) is 13.1. The van der Waals surface area contributed by atoms with Crippen molar-refractivity contribution in [2.75, 3.05) is 31.2 Å². The maximum atomic E-state index is 11.8. The van der Waals surface area contributed by atoms with E-state index >= 15 is 0 Å². The normalized spacial score (nSPS) is 14.1. The fourth-order valence-electron chi connectivity index (χ4n) is 5.03. The van der Waals surface area contributed by atoms with Gasteiger partial charge in [0, 0.05) is 51.6 Å². The number of thiophene rings is 1. The van der Waals surface area contributed by atoms with Crippen molar-refractivity contribution in [2.24, 2.45) is 0 Å². The van der Waals surface area contributed by atoms with Gasteiger partial charge in [-0.1, -0.05) is 12.1 Å². The molecule has 38 heavy (non-hydrogen) atoms. The first-order valence-electron chi connectivity index (χ1n) is 12.3. The number of nitrogens with zero attached hydrogens (tertiary/aromatic N) is 5. The molecule has 0 atom stereocenters. The summed E-state index contributed by atoms with van der Waals surface area (Å²) in [6, 6.07) is 15.5. The van der Waals surface area contributed by atoms with E-state index in [0.29, 0.717) is 31.1 Å². The molecule has 6 aromatic rings. The van der Waals surface area contributed by atoms with E-state index in [9.17, 15) is 4.79 Å². The summed E-state index contributed by atoms with van der Waals surface area (Å²) in [5, 5.41) is 18.1. The van der Waals surface area contributed by atoms with Crippen molar-refractivity contribution in [2.45, 2.75) is 6.54 Å². The Morgan fingerprint density at radius 1 is 1.13 bits per heavy atom. The van der Waals surface area contributed by atoms with Gasteiger partial charge in [-0.15, -0.1) is 11.3 Å². The van der Waals surface area contributed by atoms with Gasteiger partial charge >= 0.3 is 0 Å². The molecule has 1 aliphatic rings. The fraction of sp³-hybridized carbons (Fsp3) is 0.185. The van der Waals surface area contributed by atoms with E-state index in [-0.39, 0.29) is 0 Å². The number of aromatic nitrogens is 5. The van der Waals surface area contributed by atoms with Crippen LogP contribution in [0.5, 0.6) is 0 Å². The number of fused-ring (bicyclic) bond motifs is 3. The van der Waals surface area contributed by atoms with E-state index in [2.05, 4.69) is 25.7 Å². The minimum atomic E-state index is -0.528. The van der Waals surface area contributed by atoms with Crippen LogP contribution in [0.4, 0.5) is 5.82 Å². The third-order valence-electron chi connectivity index (χ3n) is 6.90. The lowest BCUT2D eigenvalue weighted by Crippen LogP contribution is -2.36. The van der Waals surface area contributed by atoms with Crippen LogP contribution in [0.15, 0.2) is 60.9 Å². The lowest BCUT2D eigenvalue weighted by atomic mass is 10.1. The predicted octanol–water partition coefficient (Wildman–Crippen LogP) is 4.19. The van der Waals surface area contributed by atoms with Gasteiger partial charge in [-0.25, -0.2) is 15.4 Å². The molecule has 7 rings (SSSR count). The SMILES string of the molecule is O=C(NO)c1ccc2c(ccn2Cc2cc3nc(-c4cccc5[nH]ncc45)nc(N4CCOCC4)c3s2)c1. The average molecular weight is 526 g/mol. The number of hydroxylamine groups is 1. The van der Waals surface area contributed by atoms with Crippen LogP contribution >= 0.6 is 11.3 Å². The average Bonchev–Trinajstić information content (AvgIpc) is 3.70. The molecular weight excluding hydrogens is 502 g/mol. The summed E-state index contributed by atoms with van der Waals surface area (Å²) in [6.07, 6.45) is 3.83. The molecule has 10 nitrogen and oxygen atoms in total. The molecule has 190 valence electrons. The smallest absolute Gasteiger partial charge is 0.274 e. The summed E-state index contributed by atoms with van der Waals surface area (Å²) in [5.74, 6) is 1.08. The van der Waals surface area contributed by atoms with Gasteiger partial charge in [0.2, 0.25) is 0 Å². The number of hydrogen-bond donors (Lipinski definition) is 3. The third-order valence-corrected chi connectivity index (χ3v) is 8.01. The topological polar surface area (TPSA) is 121 Å². The Morgan fingerprint density at radius 2 is 2.03 bits per heavy atom. The predicted molar refractivity (Wildman–Crippen MR) is 146 cm³/mol. The largest absolute Gasteiger partial charge is 0.378 e. The second-order valence-electron chi connectivity index (χ2n) is 9.19. The number of aromatic amines is 1. The van der Waals surface area contributed by atoms with Crippen molar-refractivity contribution < 1.29 is 14.7 Å². The molecule has 3 N–H and O–H groups in total. The standard InChI is InChI=1S/C27H23N7O3S/c35-27(32-36)17-4-5-23-16(12-17)6-7-34(23)15-18-13-22-24(38-18)26(33-8-10-37-11-9-33)30-25(29-22)19-2-1-3-21-20(19)14-28-31-21/h1-7,12-14,36H,8-11,15H2,(H,28,31)(H,32,35). The minimum Gasteiger partial charge on any atom is -0.378 e. The number of anilines is 1. The monoisotopic (exact) mass is 525 g/mol. The second kappa shape index (κ2) is 9.21. The first kappa shape index (κ1) is 22.8. The highest BCUT2D eigenvalue weighted by Crippen LogP contribution is 2.36. The van der Waals surface area contributed by atoms with Gasteiger partial charge in [-0.3, -0.25) is 15.1 Å². The quantitative estimate of drug-likeness (QED) is 0.228. The van der Waals surface area contributed by atoms with Crippen LogP contribution in [0, 0.1) is 0 Å². The lowest BCUT2D eigenvalue weighted by molar-refractivity contribution is 0.0706. The zero-order valence-corrected chi connectivity index (χ0v) is 21.0. The van der Waals surface area contributed by atoms with Crippen LogP contribution in [-0.2, 0) is 11.3 Å². The summed E-state index contributed by atoms with van der Waals surface area (Å²) >= 11 is 1.70. The molecule has 0 bridgehead atoms. The number of ether oxygens (including phenoxy) is 1. The number of hydrogen-bond acceptors (Lipinski definition) is 8. The van der Waals surface area contributed by atoms with E-state index in [4.69, 9.17) is 19.9 Å². The zero-order valence-electron chi connectivity index (χ0n) is 20.2. The van der Waals surface area contributed by atoms with Crippen LogP contribution in [0.25, 0.3) is 43.4 Å². The van der Waals surface area contributed by atoms with Crippen molar-refractivity contribution in [3.63, 3.8) is 0 Å². The summed E-state index contributed by atoms with van der Waals surface area (Å²) in [4.78, 5) is 25.3. The van der Waals surface area contributed by atoms with Crippen LogP contribution in [0.1, 0.15) is 15.2 Å². The van der Waals surface area contributed by atoms with Gasteiger partial charge in [0.1, 0.15) is 0 Å². The molecule has 2 aromatic carbocycles. The van der Waals surface area contributed by atoms with Crippen LogP contribution < -0.4 is 10.4 Å². The number of nitrogens with one attached hydrogen (secondary N) is 2. The molecule has 0 spiro atoms. The highest BCUT2D eigenvalue weighted by molar-refractivity contribution is 7.19. The summed E-state index contributed by atoms with van der Waals surface area (Å²) < 4.78 is 8.81. The van der Waals surface area contributed by atoms with Crippen molar-refractivity contribution >= 4 is 55.1 Å². The van der Waals surface area contributed by atoms with Gasteiger partial charge in [0.15, 0.2) is 11.6 Å². The van der Waals surface area contributed by atoms with Gasteiger partial charge < -0.3 is 14.2 Å². The highest BCUT2D eigenvalue weighted by Gasteiger charge is 2.21. The fourth-order valence-corrected chi connectivity index (χ4v) is 6.14. The molecular formula is C27H23N7O3S. The van der Waals surface area contributed by atoms with Gasteiger partial charge in [-0.2, -0.15) is 5.10 Å². The van der Waals surface area contributed by atoms with Crippen molar-refractivity contribution in [1.29, 1.82) is 0 Å². The molecule has 0 aliphatic carbocycles. The van der Waals surface area contributed by atoms with Crippen LogP contribution in [0.2, 0.25) is 0 Å². The maximum Gasteiger partial charge on any atom is 0.274 e. The van der Waals surface area contributed by atoms with Gasteiger partial charge in [-0.05, 0) is 36.4 Å². The number of morpholine rings is 1. The molecule has 0 saturated carbocycles. The molecule has 0 unspecified atom stereocenters. The van der Waals surface area contributed by atoms with E-state index in [1.54, 1.807) is 28.9 Å². The van der Waals surface area contributed by atoms with Gasteiger partial charge in [0.05, 0.1) is 41.7 Å². The molecule has 5 heterocycles. The van der Waals surface area contributed by atoms with Crippen LogP contribution in [-0.4, -0.2) is 62.2 Å². The number of amides is 1. The van der Waals surface area contributed by atoms with Crippen molar-refractivity contribution in [3.8, 4) is 11.4 Å². The second-order valence-corrected chi connectivity index (χ2v) is 10.3. The van der Waals surface area contributed by atoms with E-state index in [0.717, 1.165) is 61.4 Å². The first-order chi connectivity index (χ1) is 18.7. The lowest BCUT2D eigenvalue weighted by Gasteiger charge is -2.28. The number of carbonyl (C=O) groups is 1. The van der Waals surface area contributed by atoms with E-state index in [1.165, 1.54) is 0 Å². The molecule has 11 heteroatoms. The summed E-state index contributed by atoms with van der Waals surface area (Å²) in [6.45, 7) is 3.55. The Hall–Kier alpha value is -4.32. The maximum absolute atomic E-state index is 11.8. The van der Waals surface area contributed by atoms with E-state index < -0.39 is 5.91 Å². The Labute approximate surface area is 220 Å². The molecule has 1 amide bonds.